The summed E-state index contributed by atoms with van der Waals surface area (Å²) in [5, 5.41) is 9.57. The highest BCUT2D eigenvalue weighted by Crippen LogP contribution is 2.32. The number of hydrogen-bond acceptors (Lipinski definition) is 4. The smallest absolute Gasteiger partial charge is 0.161 e. The van der Waals surface area contributed by atoms with Crippen LogP contribution in [0.1, 0.15) is 39.2 Å². The molecule has 4 nitrogen and oxygen atoms in total. The third-order valence-electron chi connectivity index (χ3n) is 4.24. The first-order valence-electron chi connectivity index (χ1n) is 8.12. The van der Waals surface area contributed by atoms with Gasteiger partial charge < -0.3 is 14.6 Å². The summed E-state index contributed by atoms with van der Waals surface area (Å²) < 4.78 is 11.2. The maximum Gasteiger partial charge on any atom is 0.161 e. The van der Waals surface area contributed by atoms with Gasteiger partial charge in [0.25, 0.3) is 0 Å². The Morgan fingerprint density at radius 1 is 1.32 bits per heavy atom. The van der Waals surface area contributed by atoms with Gasteiger partial charge in [-0.3, -0.25) is 4.90 Å². The molecule has 1 saturated heterocycles. The van der Waals surface area contributed by atoms with E-state index in [1.807, 2.05) is 19.9 Å². The Bertz CT molecular complexity index is 489. The SMILES string of the molecule is COc1cc(CN2CCCC(C)(CO)C2)ccc1OC(C)C. The molecule has 1 aliphatic rings. The van der Waals surface area contributed by atoms with E-state index in [2.05, 4.69) is 24.0 Å². The summed E-state index contributed by atoms with van der Waals surface area (Å²) in [6.07, 6.45) is 2.37. The zero-order valence-electron chi connectivity index (χ0n) is 14.3. The number of ether oxygens (including phenoxy) is 2. The molecule has 22 heavy (non-hydrogen) atoms. The topological polar surface area (TPSA) is 41.9 Å². The van der Waals surface area contributed by atoms with Crippen molar-refractivity contribution < 1.29 is 14.6 Å². The number of benzene rings is 1. The molecule has 4 heteroatoms. The molecule has 1 unspecified atom stereocenters. The van der Waals surface area contributed by atoms with Crippen molar-refractivity contribution >= 4 is 0 Å². The van der Waals surface area contributed by atoms with Crippen molar-refractivity contribution in [3.8, 4) is 11.5 Å². The van der Waals surface area contributed by atoms with E-state index in [-0.39, 0.29) is 18.1 Å². The van der Waals surface area contributed by atoms with Crippen LogP contribution in [0.15, 0.2) is 18.2 Å². The highest BCUT2D eigenvalue weighted by Gasteiger charge is 2.30. The van der Waals surface area contributed by atoms with Crippen molar-refractivity contribution in [3.63, 3.8) is 0 Å². The molecular weight excluding hydrogens is 278 g/mol. The molecule has 2 rings (SSSR count). The van der Waals surface area contributed by atoms with E-state index in [0.717, 1.165) is 44.0 Å². The van der Waals surface area contributed by atoms with Gasteiger partial charge in [0.15, 0.2) is 11.5 Å². The quantitative estimate of drug-likeness (QED) is 0.877. The maximum absolute atomic E-state index is 9.57. The van der Waals surface area contributed by atoms with Crippen LogP contribution in [0.25, 0.3) is 0 Å². The third-order valence-corrected chi connectivity index (χ3v) is 4.24. The molecule has 124 valence electrons. The summed E-state index contributed by atoms with van der Waals surface area (Å²) in [6, 6.07) is 6.15. The predicted octanol–water partition coefficient (Wildman–Crippen LogP) is 3.08. The van der Waals surface area contributed by atoms with Crippen molar-refractivity contribution in [1.29, 1.82) is 0 Å². The molecule has 0 amide bonds. The summed E-state index contributed by atoms with van der Waals surface area (Å²) in [5.74, 6) is 1.58. The number of nitrogens with zero attached hydrogens (tertiary/aromatic N) is 1. The number of likely N-dealkylation sites (tertiary alicyclic amines) is 1. The number of methoxy groups -OCH3 is 1. The fourth-order valence-electron chi connectivity index (χ4n) is 3.11. The monoisotopic (exact) mass is 307 g/mol. The van der Waals surface area contributed by atoms with Crippen LogP contribution in [-0.2, 0) is 6.54 Å². The molecule has 1 aliphatic heterocycles. The highest BCUT2D eigenvalue weighted by atomic mass is 16.5. The average Bonchev–Trinajstić information content (AvgIpc) is 2.48. The lowest BCUT2D eigenvalue weighted by molar-refractivity contribution is 0.0429. The van der Waals surface area contributed by atoms with Gasteiger partial charge >= 0.3 is 0 Å². The summed E-state index contributed by atoms with van der Waals surface area (Å²) in [5.41, 5.74) is 1.25. The van der Waals surface area contributed by atoms with Crippen molar-refractivity contribution in [2.45, 2.75) is 46.3 Å². The van der Waals surface area contributed by atoms with Gasteiger partial charge in [-0.25, -0.2) is 0 Å². The van der Waals surface area contributed by atoms with Crippen LogP contribution in [0, 0.1) is 5.41 Å². The standard InChI is InChI=1S/C18H29NO3/c1-14(2)22-16-7-6-15(10-17(16)21-4)11-19-9-5-8-18(3,12-19)13-20/h6-7,10,14,20H,5,8-9,11-13H2,1-4H3. The molecule has 1 fully saturated rings. The minimum absolute atomic E-state index is 0.0308. The van der Waals surface area contributed by atoms with Crippen molar-refractivity contribution in [2.75, 3.05) is 26.8 Å². The Labute approximate surface area is 134 Å². The third kappa shape index (κ3) is 4.37. The molecular formula is C18H29NO3. The second-order valence-electron chi connectivity index (χ2n) is 6.93. The Balaban J connectivity index is 2.06. The minimum Gasteiger partial charge on any atom is -0.493 e. The fraction of sp³-hybridized carbons (Fsp3) is 0.667. The Morgan fingerprint density at radius 2 is 2.09 bits per heavy atom. The molecule has 0 radical (unpaired) electrons. The van der Waals surface area contributed by atoms with Crippen LogP contribution >= 0.6 is 0 Å². The molecule has 1 aromatic rings. The van der Waals surface area contributed by atoms with Crippen LogP contribution in [-0.4, -0.2) is 42.9 Å². The summed E-state index contributed by atoms with van der Waals surface area (Å²) in [7, 11) is 1.68. The molecule has 1 atom stereocenters. The van der Waals surface area contributed by atoms with Crippen LogP contribution in [0.5, 0.6) is 11.5 Å². The zero-order chi connectivity index (χ0) is 16.2. The molecule has 1 heterocycles. The second-order valence-corrected chi connectivity index (χ2v) is 6.93. The normalized spacial score (nSPS) is 22.8. The van der Waals surface area contributed by atoms with Gasteiger partial charge in [-0.15, -0.1) is 0 Å². The molecule has 0 spiro atoms. The van der Waals surface area contributed by atoms with Gasteiger partial charge in [-0.05, 0) is 50.9 Å². The predicted molar refractivity (Wildman–Crippen MR) is 88.5 cm³/mol. The zero-order valence-corrected chi connectivity index (χ0v) is 14.3. The van der Waals surface area contributed by atoms with E-state index in [4.69, 9.17) is 9.47 Å². The molecule has 0 saturated carbocycles. The van der Waals surface area contributed by atoms with Gasteiger partial charge in [0.2, 0.25) is 0 Å². The molecule has 0 aromatic heterocycles. The van der Waals surface area contributed by atoms with E-state index >= 15 is 0 Å². The van der Waals surface area contributed by atoms with E-state index in [1.165, 1.54) is 5.56 Å². The Kier molecular flexibility index (Phi) is 5.70. The van der Waals surface area contributed by atoms with Gasteiger partial charge in [0.05, 0.1) is 13.2 Å². The second kappa shape index (κ2) is 7.34. The highest BCUT2D eigenvalue weighted by molar-refractivity contribution is 5.43. The van der Waals surface area contributed by atoms with Crippen LogP contribution < -0.4 is 9.47 Å². The van der Waals surface area contributed by atoms with Crippen LogP contribution in [0.4, 0.5) is 0 Å². The summed E-state index contributed by atoms with van der Waals surface area (Å²) >= 11 is 0. The first kappa shape index (κ1) is 17.1. The van der Waals surface area contributed by atoms with Crippen LogP contribution in [0.3, 0.4) is 0 Å². The number of rotatable bonds is 6. The van der Waals surface area contributed by atoms with Gasteiger partial charge in [0, 0.05) is 25.1 Å². The number of aliphatic hydroxyl groups excluding tert-OH is 1. The molecule has 1 aromatic carbocycles. The van der Waals surface area contributed by atoms with E-state index in [1.54, 1.807) is 7.11 Å². The van der Waals surface area contributed by atoms with E-state index in [0.29, 0.717) is 0 Å². The first-order chi connectivity index (χ1) is 10.5. The maximum atomic E-state index is 9.57. The first-order valence-corrected chi connectivity index (χ1v) is 8.12. The van der Waals surface area contributed by atoms with Crippen molar-refractivity contribution in [1.82, 2.24) is 4.90 Å². The average molecular weight is 307 g/mol. The van der Waals surface area contributed by atoms with Gasteiger partial charge in [-0.2, -0.15) is 0 Å². The molecule has 0 bridgehead atoms. The Morgan fingerprint density at radius 3 is 2.73 bits per heavy atom. The van der Waals surface area contributed by atoms with Gasteiger partial charge in [-0.1, -0.05) is 13.0 Å². The fourth-order valence-corrected chi connectivity index (χ4v) is 3.11. The number of piperidine rings is 1. The minimum atomic E-state index is 0.0308. The lowest BCUT2D eigenvalue weighted by Gasteiger charge is -2.39. The lowest BCUT2D eigenvalue weighted by atomic mass is 9.82. The van der Waals surface area contributed by atoms with Crippen molar-refractivity contribution in [2.24, 2.45) is 5.41 Å². The van der Waals surface area contributed by atoms with E-state index in [9.17, 15) is 5.11 Å². The number of aliphatic hydroxyl groups is 1. The largest absolute Gasteiger partial charge is 0.493 e. The molecule has 0 aliphatic carbocycles. The molecule has 1 N–H and O–H groups in total. The lowest BCUT2D eigenvalue weighted by Crippen LogP contribution is -2.43. The van der Waals surface area contributed by atoms with Crippen molar-refractivity contribution in [3.05, 3.63) is 23.8 Å². The summed E-state index contributed by atoms with van der Waals surface area (Å²) in [4.78, 5) is 2.41. The number of hydrogen-bond donors (Lipinski definition) is 1. The van der Waals surface area contributed by atoms with Crippen LogP contribution in [0.2, 0.25) is 0 Å². The summed E-state index contributed by atoms with van der Waals surface area (Å²) in [6.45, 7) is 9.35. The van der Waals surface area contributed by atoms with Gasteiger partial charge in [0.1, 0.15) is 0 Å². The Hall–Kier alpha value is -1.26. The van der Waals surface area contributed by atoms with E-state index < -0.39 is 0 Å².